The van der Waals surface area contributed by atoms with Crippen LogP contribution in [0.15, 0.2) is 36.9 Å². The molecule has 0 aromatic carbocycles. The van der Waals surface area contributed by atoms with Crippen LogP contribution in [0.25, 0.3) is 16.9 Å². The maximum Gasteiger partial charge on any atom is 0.161 e. The Morgan fingerprint density at radius 2 is 2.10 bits per heavy atom. The van der Waals surface area contributed by atoms with Gasteiger partial charge < -0.3 is 5.32 Å². The number of halogens is 1. The predicted molar refractivity (Wildman–Crippen MR) is 108 cm³/mol. The van der Waals surface area contributed by atoms with Crippen molar-refractivity contribution in [3.8, 4) is 11.3 Å². The number of rotatable bonds is 4. The summed E-state index contributed by atoms with van der Waals surface area (Å²) in [6, 6.07) is 3.64. The van der Waals surface area contributed by atoms with Crippen LogP contribution in [-0.2, 0) is 12.8 Å². The van der Waals surface area contributed by atoms with Crippen LogP contribution in [0.5, 0.6) is 0 Å². The van der Waals surface area contributed by atoms with Crippen LogP contribution in [0.3, 0.4) is 0 Å². The molecule has 0 unspecified atom stereocenters. The molecule has 0 radical (unpaired) electrons. The van der Waals surface area contributed by atoms with Crippen molar-refractivity contribution in [3.05, 3.63) is 59.6 Å². The van der Waals surface area contributed by atoms with Gasteiger partial charge in [0, 0.05) is 35.1 Å². The molecule has 0 aliphatic heterocycles. The maximum absolute atomic E-state index is 13.8. The molecule has 4 aromatic rings. The summed E-state index contributed by atoms with van der Waals surface area (Å²) < 4.78 is 15.6. The monoisotopic (exact) mass is 391 g/mol. The molecular formula is C21H22FN7. The molecule has 2 N–H and O–H groups in total. The quantitative estimate of drug-likeness (QED) is 0.554. The van der Waals surface area contributed by atoms with E-state index in [4.69, 9.17) is 4.98 Å². The number of nitrogens with zero attached hydrogens (tertiary/aromatic N) is 5. The Morgan fingerprint density at radius 3 is 2.93 bits per heavy atom. The molecule has 0 amide bonds. The lowest BCUT2D eigenvalue weighted by atomic mass is 9.93. The number of pyridine rings is 1. The third kappa shape index (κ3) is 3.24. The van der Waals surface area contributed by atoms with E-state index in [9.17, 15) is 4.39 Å². The molecule has 0 saturated carbocycles. The molecule has 0 bridgehead atoms. The summed E-state index contributed by atoms with van der Waals surface area (Å²) in [6.07, 6.45) is 9.44. The first-order valence-electron chi connectivity index (χ1n) is 9.85. The van der Waals surface area contributed by atoms with Crippen molar-refractivity contribution in [3.63, 3.8) is 0 Å². The molecule has 4 aromatic heterocycles. The normalized spacial score (nSPS) is 16.3. The molecule has 4 heterocycles. The third-order valence-electron chi connectivity index (χ3n) is 5.49. The van der Waals surface area contributed by atoms with Gasteiger partial charge in [-0.2, -0.15) is 14.7 Å². The summed E-state index contributed by atoms with van der Waals surface area (Å²) in [7, 11) is 0. The van der Waals surface area contributed by atoms with Crippen LogP contribution in [0.2, 0.25) is 0 Å². The summed E-state index contributed by atoms with van der Waals surface area (Å²) in [6.45, 7) is 4.23. The van der Waals surface area contributed by atoms with Gasteiger partial charge in [0.2, 0.25) is 0 Å². The van der Waals surface area contributed by atoms with E-state index in [2.05, 4.69) is 39.4 Å². The lowest BCUT2D eigenvalue weighted by Crippen LogP contribution is -2.28. The lowest BCUT2D eigenvalue weighted by molar-refractivity contribution is 0.600. The van der Waals surface area contributed by atoms with Gasteiger partial charge in [-0.15, -0.1) is 0 Å². The molecule has 0 spiro atoms. The number of fused-ring (bicyclic) bond motifs is 2. The molecule has 0 fully saturated rings. The highest BCUT2D eigenvalue weighted by Crippen LogP contribution is 2.28. The molecule has 1 aliphatic carbocycles. The topological polar surface area (TPSA) is 83.8 Å². The van der Waals surface area contributed by atoms with Crippen LogP contribution in [-0.4, -0.2) is 35.8 Å². The lowest BCUT2D eigenvalue weighted by Gasteiger charge is -2.24. The Bertz CT molecular complexity index is 1180. The van der Waals surface area contributed by atoms with Crippen LogP contribution in [0.1, 0.15) is 43.0 Å². The number of aromatic amines is 1. The number of aryl methyl sites for hydroxylation is 1. The van der Waals surface area contributed by atoms with Crippen LogP contribution < -0.4 is 5.32 Å². The second-order valence-corrected chi connectivity index (χ2v) is 7.87. The van der Waals surface area contributed by atoms with Crippen LogP contribution in [0, 0.1) is 5.82 Å². The average Bonchev–Trinajstić information content (AvgIpc) is 3.34. The van der Waals surface area contributed by atoms with Gasteiger partial charge in [0.15, 0.2) is 5.65 Å². The van der Waals surface area contributed by atoms with Crippen molar-refractivity contribution in [1.82, 2.24) is 29.8 Å². The van der Waals surface area contributed by atoms with Gasteiger partial charge >= 0.3 is 0 Å². The fourth-order valence-electron chi connectivity index (χ4n) is 3.94. The van der Waals surface area contributed by atoms with Gasteiger partial charge in [-0.3, -0.25) is 10.1 Å². The molecule has 7 nitrogen and oxygen atoms in total. The highest BCUT2D eigenvalue weighted by atomic mass is 19.1. The smallest absolute Gasteiger partial charge is 0.161 e. The van der Waals surface area contributed by atoms with Crippen molar-refractivity contribution in [1.29, 1.82) is 0 Å². The molecule has 1 aliphatic rings. The molecule has 1 atom stereocenters. The highest BCUT2D eigenvalue weighted by Gasteiger charge is 2.22. The maximum atomic E-state index is 13.8. The van der Waals surface area contributed by atoms with Crippen molar-refractivity contribution in [2.45, 2.75) is 45.1 Å². The Kier molecular flexibility index (Phi) is 4.26. The molecule has 29 heavy (non-hydrogen) atoms. The number of hydrogen-bond donors (Lipinski definition) is 2. The first-order valence-corrected chi connectivity index (χ1v) is 9.85. The van der Waals surface area contributed by atoms with E-state index in [0.29, 0.717) is 11.3 Å². The Morgan fingerprint density at radius 1 is 1.21 bits per heavy atom. The second-order valence-electron chi connectivity index (χ2n) is 7.87. The van der Waals surface area contributed by atoms with E-state index in [0.717, 1.165) is 36.3 Å². The van der Waals surface area contributed by atoms with E-state index in [-0.39, 0.29) is 17.8 Å². The van der Waals surface area contributed by atoms with Gasteiger partial charge in [0.05, 0.1) is 24.3 Å². The average molecular weight is 391 g/mol. The molecule has 8 heteroatoms. The van der Waals surface area contributed by atoms with Gasteiger partial charge in [-0.25, -0.2) is 9.37 Å². The molecular weight excluding hydrogens is 369 g/mol. The first-order chi connectivity index (χ1) is 14.1. The summed E-state index contributed by atoms with van der Waals surface area (Å²) >= 11 is 0. The zero-order valence-corrected chi connectivity index (χ0v) is 16.4. The number of hydrogen-bond acceptors (Lipinski definition) is 5. The Labute approximate surface area is 167 Å². The summed E-state index contributed by atoms with van der Waals surface area (Å²) in [5, 5.41) is 15.4. The van der Waals surface area contributed by atoms with E-state index in [1.54, 1.807) is 6.20 Å². The number of nitrogens with one attached hydrogen (secondary N) is 2. The van der Waals surface area contributed by atoms with E-state index >= 15 is 0 Å². The van der Waals surface area contributed by atoms with Gasteiger partial charge in [-0.1, -0.05) is 13.8 Å². The minimum absolute atomic E-state index is 0.260. The van der Waals surface area contributed by atoms with Gasteiger partial charge in [-0.05, 0) is 36.8 Å². The summed E-state index contributed by atoms with van der Waals surface area (Å²) in [5.41, 5.74) is 5.62. The van der Waals surface area contributed by atoms with Gasteiger partial charge in [0.25, 0.3) is 0 Å². The van der Waals surface area contributed by atoms with Crippen LogP contribution in [0.4, 0.5) is 10.2 Å². The minimum Gasteiger partial charge on any atom is -0.367 e. The van der Waals surface area contributed by atoms with Crippen molar-refractivity contribution < 1.29 is 4.39 Å². The molecule has 148 valence electrons. The molecule has 5 rings (SSSR count). The van der Waals surface area contributed by atoms with E-state index < -0.39 is 0 Å². The van der Waals surface area contributed by atoms with E-state index in [1.165, 1.54) is 23.5 Å². The number of H-pyrrole nitrogens is 1. The summed E-state index contributed by atoms with van der Waals surface area (Å²) in [5.74, 6) is 0.742. The fraction of sp³-hybridized carbons (Fsp3) is 0.333. The predicted octanol–water partition coefficient (Wildman–Crippen LogP) is 3.75. The summed E-state index contributed by atoms with van der Waals surface area (Å²) in [4.78, 5) is 8.77. The fourth-order valence-corrected chi connectivity index (χ4v) is 3.94. The molecule has 0 saturated heterocycles. The minimum atomic E-state index is -0.379. The Hall–Kier alpha value is -3.29. The van der Waals surface area contributed by atoms with E-state index in [1.807, 2.05) is 23.0 Å². The largest absolute Gasteiger partial charge is 0.367 e. The SMILES string of the molecule is CC(C)c1cnn2c(N[C@@H]3CCc4[nH]ncc4C3)cc(-c3cncc(F)c3)nc12. The van der Waals surface area contributed by atoms with Gasteiger partial charge in [0.1, 0.15) is 11.6 Å². The number of aromatic nitrogens is 6. The number of anilines is 1. The van der Waals surface area contributed by atoms with Crippen molar-refractivity contribution in [2.75, 3.05) is 5.32 Å². The third-order valence-corrected chi connectivity index (χ3v) is 5.49. The van der Waals surface area contributed by atoms with Crippen molar-refractivity contribution in [2.24, 2.45) is 0 Å². The first kappa shape index (κ1) is 17.8. The zero-order chi connectivity index (χ0) is 20.0. The van der Waals surface area contributed by atoms with Crippen molar-refractivity contribution >= 4 is 11.5 Å². The zero-order valence-electron chi connectivity index (χ0n) is 16.4. The van der Waals surface area contributed by atoms with Crippen LogP contribution >= 0.6 is 0 Å². The standard InChI is InChI=1S/C21H22FN7/c1-12(2)17-11-25-29-20(26-16-3-4-18-14(6-16)9-24-28-18)7-19(27-21(17)29)13-5-15(22)10-23-8-13/h5,7-12,16,26H,3-4,6H2,1-2H3,(H,24,28)/t16-/m1/s1. The Balaban J connectivity index is 1.58. The highest BCUT2D eigenvalue weighted by molar-refractivity contribution is 5.67. The second kappa shape index (κ2) is 6.95.